The van der Waals surface area contributed by atoms with E-state index in [1.165, 1.54) is 25.3 Å². The lowest BCUT2D eigenvalue weighted by Crippen LogP contribution is -2.13. The molecule has 0 saturated carbocycles. The molecule has 0 saturated heterocycles. The van der Waals surface area contributed by atoms with Gasteiger partial charge < -0.3 is 15.6 Å². The van der Waals surface area contributed by atoms with Gasteiger partial charge in [-0.05, 0) is 18.2 Å². The van der Waals surface area contributed by atoms with Crippen molar-refractivity contribution in [3.05, 3.63) is 29.3 Å². The number of methoxy groups -OCH3 is 1. The van der Waals surface area contributed by atoms with Crippen molar-refractivity contribution in [2.24, 2.45) is 5.73 Å². The van der Waals surface area contributed by atoms with Crippen molar-refractivity contribution >= 4 is 11.9 Å². The zero-order valence-electron chi connectivity index (χ0n) is 7.48. The van der Waals surface area contributed by atoms with Crippen LogP contribution in [0.4, 0.5) is 0 Å². The van der Waals surface area contributed by atoms with E-state index >= 15 is 0 Å². The first-order valence-corrected chi connectivity index (χ1v) is 3.77. The van der Waals surface area contributed by atoms with Gasteiger partial charge in [0.1, 0.15) is 5.75 Å². The smallest absolute Gasteiger partial charge is 0.335 e. The van der Waals surface area contributed by atoms with Gasteiger partial charge in [-0.2, -0.15) is 0 Å². The van der Waals surface area contributed by atoms with Crippen LogP contribution in [0.1, 0.15) is 20.7 Å². The Labute approximate surface area is 80.1 Å². The molecule has 0 heterocycles. The minimum absolute atomic E-state index is 0.000370. The Hall–Kier alpha value is -2.04. The third-order valence-electron chi connectivity index (χ3n) is 1.71. The molecular formula is C9H9NO4. The Morgan fingerprint density at radius 3 is 2.50 bits per heavy atom. The molecule has 5 heteroatoms. The number of benzene rings is 1. The summed E-state index contributed by atoms with van der Waals surface area (Å²) < 4.78 is 4.85. The summed E-state index contributed by atoms with van der Waals surface area (Å²) in [7, 11) is 1.38. The van der Waals surface area contributed by atoms with E-state index in [-0.39, 0.29) is 16.9 Å². The molecule has 14 heavy (non-hydrogen) atoms. The van der Waals surface area contributed by atoms with Crippen LogP contribution in [0.5, 0.6) is 5.75 Å². The van der Waals surface area contributed by atoms with Crippen LogP contribution < -0.4 is 10.5 Å². The summed E-state index contributed by atoms with van der Waals surface area (Å²) in [4.78, 5) is 21.5. The molecule has 0 atom stereocenters. The van der Waals surface area contributed by atoms with Gasteiger partial charge in [0.2, 0.25) is 0 Å². The van der Waals surface area contributed by atoms with Gasteiger partial charge in [-0.1, -0.05) is 0 Å². The lowest BCUT2D eigenvalue weighted by molar-refractivity contribution is 0.0697. The predicted octanol–water partition coefficient (Wildman–Crippen LogP) is 0.492. The van der Waals surface area contributed by atoms with Gasteiger partial charge in [-0.3, -0.25) is 4.79 Å². The largest absolute Gasteiger partial charge is 0.496 e. The summed E-state index contributed by atoms with van der Waals surface area (Å²) in [5.41, 5.74) is 5.11. The van der Waals surface area contributed by atoms with Crippen LogP contribution in [0.15, 0.2) is 18.2 Å². The predicted molar refractivity (Wildman–Crippen MR) is 48.5 cm³/mol. The normalized spacial score (nSPS) is 9.50. The van der Waals surface area contributed by atoms with Crippen molar-refractivity contribution in [2.45, 2.75) is 0 Å². The summed E-state index contributed by atoms with van der Waals surface area (Å²) in [6.45, 7) is 0. The molecule has 0 spiro atoms. The number of ether oxygens (including phenoxy) is 1. The molecule has 0 fully saturated rings. The molecule has 0 aliphatic heterocycles. The molecule has 1 aromatic carbocycles. The summed E-state index contributed by atoms with van der Waals surface area (Å²) in [5, 5.41) is 8.66. The Kier molecular flexibility index (Phi) is 2.71. The van der Waals surface area contributed by atoms with Gasteiger partial charge in [0, 0.05) is 0 Å². The molecular weight excluding hydrogens is 186 g/mol. The Bertz CT molecular complexity index is 386. The van der Waals surface area contributed by atoms with Crippen molar-refractivity contribution in [2.75, 3.05) is 7.11 Å². The summed E-state index contributed by atoms with van der Waals surface area (Å²) in [6, 6.07) is 3.92. The lowest BCUT2D eigenvalue weighted by atomic mass is 10.1. The number of rotatable bonds is 3. The number of amides is 1. The standard InChI is InChI=1S/C9H9NO4/c1-14-7-3-2-5(9(12)13)4-6(7)8(10)11/h2-4H,1H3,(H2,10,11)(H,12,13). The van der Waals surface area contributed by atoms with Crippen molar-refractivity contribution in [1.82, 2.24) is 0 Å². The fraction of sp³-hybridized carbons (Fsp3) is 0.111. The molecule has 3 N–H and O–H groups in total. The number of carbonyl (C=O) groups is 2. The molecule has 0 aliphatic rings. The van der Waals surface area contributed by atoms with Gasteiger partial charge >= 0.3 is 5.97 Å². The van der Waals surface area contributed by atoms with Crippen LogP contribution in [0.3, 0.4) is 0 Å². The SMILES string of the molecule is COc1ccc(C(=O)O)cc1C(N)=O. The van der Waals surface area contributed by atoms with Gasteiger partial charge in [0.25, 0.3) is 5.91 Å². The first kappa shape index (κ1) is 10.0. The van der Waals surface area contributed by atoms with Crippen LogP contribution in [-0.4, -0.2) is 24.1 Å². The highest BCUT2D eigenvalue weighted by Crippen LogP contribution is 2.19. The van der Waals surface area contributed by atoms with Crippen molar-refractivity contribution < 1.29 is 19.4 Å². The first-order chi connectivity index (χ1) is 6.56. The van der Waals surface area contributed by atoms with E-state index < -0.39 is 11.9 Å². The number of carboxylic acids is 1. The Morgan fingerprint density at radius 2 is 2.07 bits per heavy atom. The lowest BCUT2D eigenvalue weighted by Gasteiger charge is -2.05. The summed E-state index contributed by atoms with van der Waals surface area (Å²) in [5.74, 6) is -1.57. The zero-order chi connectivity index (χ0) is 10.7. The van der Waals surface area contributed by atoms with Crippen molar-refractivity contribution in [3.8, 4) is 5.75 Å². The number of carboxylic acid groups (broad SMARTS) is 1. The van der Waals surface area contributed by atoms with Crippen LogP contribution in [-0.2, 0) is 0 Å². The average molecular weight is 195 g/mol. The van der Waals surface area contributed by atoms with E-state index in [4.69, 9.17) is 15.6 Å². The maximum atomic E-state index is 10.9. The van der Waals surface area contributed by atoms with E-state index in [0.717, 1.165) is 0 Å². The first-order valence-electron chi connectivity index (χ1n) is 3.77. The highest BCUT2D eigenvalue weighted by molar-refractivity contribution is 5.98. The fourth-order valence-electron chi connectivity index (χ4n) is 1.03. The third-order valence-corrected chi connectivity index (χ3v) is 1.71. The number of hydrogen-bond acceptors (Lipinski definition) is 3. The molecule has 1 amide bonds. The van der Waals surface area contributed by atoms with Crippen LogP contribution in [0.2, 0.25) is 0 Å². The number of carbonyl (C=O) groups excluding carboxylic acids is 1. The fourth-order valence-corrected chi connectivity index (χ4v) is 1.03. The van der Waals surface area contributed by atoms with Gasteiger partial charge in [-0.25, -0.2) is 4.79 Å². The van der Waals surface area contributed by atoms with E-state index in [9.17, 15) is 9.59 Å². The van der Waals surface area contributed by atoms with E-state index in [1.54, 1.807) is 0 Å². The molecule has 0 radical (unpaired) electrons. The maximum Gasteiger partial charge on any atom is 0.335 e. The quantitative estimate of drug-likeness (QED) is 0.734. The molecule has 0 unspecified atom stereocenters. The molecule has 0 aliphatic carbocycles. The average Bonchev–Trinajstić information content (AvgIpc) is 2.16. The number of aromatic carboxylic acids is 1. The van der Waals surface area contributed by atoms with Crippen LogP contribution >= 0.6 is 0 Å². The van der Waals surface area contributed by atoms with Gasteiger partial charge in [0.05, 0.1) is 18.2 Å². The monoisotopic (exact) mass is 195 g/mol. The Morgan fingerprint density at radius 1 is 1.43 bits per heavy atom. The van der Waals surface area contributed by atoms with Crippen LogP contribution in [0.25, 0.3) is 0 Å². The zero-order valence-corrected chi connectivity index (χ0v) is 7.48. The topological polar surface area (TPSA) is 89.6 Å². The molecule has 0 aromatic heterocycles. The molecule has 74 valence electrons. The van der Waals surface area contributed by atoms with E-state index in [2.05, 4.69) is 0 Å². The third kappa shape index (κ3) is 1.82. The second-order valence-electron chi connectivity index (χ2n) is 2.58. The molecule has 1 aromatic rings. The van der Waals surface area contributed by atoms with Gasteiger partial charge in [-0.15, -0.1) is 0 Å². The number of nitrogens with two attached hydrogens (primary N) is 1. The minimum Gasteiger partial charge on any atom is -0.496 e. The number of hydrogen-bond donors (Lipinski definition) is 2. The second-order valence-corrected chi connectivity index (χ2v) is 2.58. The van der Waals surface area contributed by atoms with E-state index in [0.29, 0.717) is 0 Å². The summed E-state index contributed by atoms with van der Waals surface area (Å²) >= 11 is 0. The van der Waals surface area contributed by atoms with Crippen molar-refractivity contribution in [1.29, 1.82) is 0 Å². The second kappa shape index (κ2) is 3.78. The van der Waals surface area contributed by atoms with Crippen molar-refractivity contribution in [3.63, 3.8) is 0 Å². The highest BCUT2D eigenvalue weighted by Gasteiger charge is 2.12. The molecule has 1 rings (SSSR count). The molecule has 0 bridgehead atoms. The molecule has 5 nitrogen and oxygen atoms in total. The maximum absolute atomic E-state index is 10.9. The highest BCUT2D eigenvalue weighted by atomic mass is 16.5. The minimum atomic E-state index is -1.12. The summed E-state index contributed by atoms with van der Waals surface area (Å²) in [6.07, 6.45) is 0. The Balaban J connectivity index is 3.27. The number of primary amides is 1. The van der Waals surface area contributed by atoms with Gasteiger partial charge in [0.15, 0.2) is 0 Å². The van der Waals surface area contributed by atoms with E-state index in [1.807, 2.05) is 0 Å². The van der Waals surface area contributed by atoms with Crippen LogP contribution in [0, 0.1) is 0 Å².